The minimum absolute atomic E-state index is 0.0257. The Morgan fingerprint density at radius 3 is 2.00 bits per heavy atom. The van der Waals surface area contributed by atoms with Gasteiger partial charge in [-0.15, -0.1) is 0 Å². The molecule has 0 spiro atoms. The Morgan fingerprint density at radius 1 is 0.833 bits per heavy atom. The maximum atomic E-state index is 12.7. The second-order valence-corrected chi connectivity index (χ2v) is 7.77. The van der Waals surface area contributed by atoms with Crippen molar-refractivity contribution in [3.8, 4) is 0 Å². The molecule has 2 rings (SSSR count). The van der Waals surface area contributed by atoms with Gasteiger partial charge in [0.05, 0.1) is 31.3 Å². The van der Waals surface area contributed by atoms with Crippen LogP contribution in [0.1, 0.15) is 5.56 Å². The first-order valence-electron chi connectivity index (χ1n) is 5.96. The van der Waals surface area contributed by atoms with E-state index in [-0.39, 0.29) is 20.1 Å². The van der Waals surface area contributed by atoms with Gasteiger partial charge in [0.15, 0.2) is 0 Å². The van der Waals surface area contributed by atoms with Crippen LogP contribution in [0.5, 0.6) is 0 Å². The highest BCUT2D eigenvalue weighted by Crippen LogP contribution is 2.36. The molecule has 0 saturated heterocycles. The molecule has 0 amide bonds. The number of halogens is 7. The lowest BCUT2D eigenvalue weighted by molar-refractivity contribution is -0.137. The van der Waals surface area contributed by atoms with Gasteiger partial charge in [-0.1, -0.05) is 46.4 Å². The second-order valence-electron chi connectivity index (χ2n) is 4.49. The minimum Gasteiger partial charge on any atom is -0.278 e. The van der Waals surface area contributed by atoms with Gasteiger partial charge < -0.3 is 0 Å². The SMILES string of the molecule is O=S(=O)(Nc1cc(C(F)(F)F)ccc1Cl)c1cc(Cl)c(Cl)cc1Cl. The monoisotopic (exact) mass is 437 g/mol. The summed E-state index contributed by atoms with van der Waals surface area (Å²) in [6.07, 6.45) is -4.66. The van der Waals surface area contributed by atoms with Gasteiger partial charge in [0.2, 0.25) is 0 Å². The Hall–Kier alpha value is -0.860. The molecule has 0 fully saturated rings. The number of anilines is 1. The first-order valence-corrected chi connectivity index (χ1v) is 8.95. The molecule has 0 saturated carbocycles. The molecule has 130 valence electrons. The molecule has 2 aromatic rings. The molecule has 11 heteroatoms. The van der Waals surface area contributed by atoms with Crippen LogP contribution in [0.3, 0.4) is 0 Å². The van der Waals surface area contributed by atoms with E-state index in [4.69, 9.17) is 46.4 Å². The number of alkyl halides is 3. The van der Waals surface area contributed by atoms with Crippen LogP contribution in [-0.4, -0.2) is 8.42 Å². The maximum absolute atomic E-state index is 12.7. The molecular weight excluding hydrogens is 433 g/mol. The van der Waals surface area contributed by atoms with Gasteiger partial charge >= 0.3 is 6.18 Å². The van der Waals surface area contributed by atoms with Crippen molar-refractivity contribution in [2.45, 2.75) is 11.1 Å². The third kappa shape index (κ3) is 4.21. The van der Waals surface area contributed by atoms with Crippen molar-refractivity contribution < 1.29 is 21.6 Å². The highest BCUT2D eigenvalue weighted by atomic mass is 35.5. The van der Waals surface area contributed by atoms with E-state index < -0.39 is 32.3 Å². The predicted octanol–water partition coefficient (Wildman–Crippen LogP) is 6.12. The van der Waals surface area contributed by atoms with Crippen LogP contribution in [0.4, 0.5) is 18.9 Å². The molecule has 0 heterocycles. The highest BCUT2D eigenvalue weighted by molar-refractivity contribution is 7.92. The van der Waals surface area contributed by atoms with E-state index in [1.807, 2.05) is 4.72 Å². The lowest BCUT2D eigenvalue weighted by atomic mass is 10.2. The molecule has 0 atom stereocenters. The summed E-state index contributed by atoms with van der Waals surface area (Å²) in [5, 5.41) is -0.531. The number of hydrogen-bond acceptors (Lipinski definition) is 2. The van der Waals surface area contributed by atoms with E-state index >= 15 is 0 Å². The van der Waals surface area contributed by atoms with Crippen LogP contribution >= 0.6 is 46.4 Å². The molecule has 2 aromatic carbocycles. The molecule has 0 bridgehead atoms. The minimum atomic E-state index is -4.66. The summed E-state index contributed by atoms with van der Waals surface area (Å²) in [4.78, 5) is -0.452. The summed E-state index contributed by atoms with van der Waals surface area (Å²) in [5.74, 6) is 0. The van der Waals surface area contributed by atoms with Crippen molar-refractivity contribution in [1.29, 1.82) is 0 Å². The van der Waals surface area contributed by atoms with Crippen LogP contribution in [0.2, 0.25) is 20.1 Å². The zero-order chi connectivity index (χ0) is 18.3. The Morgan fingerprint density at radius 2 is 1.42 bits per heavy atom. The topological polar surface area (TPSA) is 46.2 Å². The summed E-state index contributed by atoms with van der Waals surface area (Å²) in [5.41, 5.74) is -1.52. The van der Waals surface area contributed by atoms with Crippen LogP contribution in [-0.2, 0) is 16.2 Å². The largest absolute Gasteiger partial charge is 0.416 e. The molecular formula is C13H6Cl4F3NO2S. The van der Waals surface area contributed by atoms with Gasteiger partial charge in [0, 0.05) is 0 Å². The Kier molecular flexibility index (Phi) is 5.52. The van der Waals surface area contributed by atoms with Crippen molar-refractivity contribution in [1.82, 2.24) is 0 Å². The van der Waals surface area contributed by atoms with Crippen LogP contribution < -0.4 is 4.72 Å². The lowest BCUT2D eigenvalue weighted by Crippen LogP contribution is -2.15. The molecule has 0 aliphatic rings. The first kappa shape index (κ1) is 19.5. The first-order chi connectivity index (χ1) is 10.9. The van der Waals surface area contributed by atoms with Gasteiger partial charge in [-0.25, -0.2) is 8.42 Å². The van der Waals surface area contributed by atoms with Gasteiger partial charge in [-0.05, 0) is 30.3 Å². The third-order valence-corrected chi connectivity index (χ3v) is 5.68. The molecule has 24 heavy (non-hydrogen) atoms. The summed E-state index contributed by atoms with van der Waals surface area (Å²) in [6, 6.07) is 4.32. The van der Waals surface area contributed by atoms with Crippen molar-refractivity contribution >= 4 is 62.1 Å². The van der Waals surface area contributed by atoms with E-state index in [1.54, 1.807) is 0 Å². The molecule has 0 aromatic heterocycles. The van der Waals surface area contributed by atoms with E-state index in [9.17, 15) is 21.6 Å². The molecule has 0 aliphatic carbocycles. The zero-order valence-electron chi connectivity index (χ0n) is 11.3. The predicted molar refractivity (Wildman–Crippen MR) is 88.7 cm³/mol. The summed E-state index contributed by atoms with van der Waals surface area (Å²) in [6.45, 7) is 0. The lowest BCUT2D eigenvalue weighted by Gasteiger charge is -2.14. The normalized spacial score (nSPS) is 12.3. The number of sulfonamides is 1. The van der Waals surface area contributed by atoms with E-state index in [1.165, 1.54) is 0 Å². The fourth-order valence-corrected chi connectivity index (χ4v) is 3.98. The fraction of sp³-hybridized carbons (Fsp3) is 0.0769. The van der Waals surface area contributed by atoms with Gasteiger partial charge in [-0.2, -0.15) is 13.2 Å². The quantitative estimate of drug-likeness (QED) is 0.586. The standard InChI is InChI=1S/C13H6Cl4F3NO2S/c14-7-2-1-6(13(18,19)20)3-11(7)21-24(22,23)12-5-9(16)8(15)4-10(12)17/h1-5,21H. The highest BCUT2D eigenvalue weighted by Gasteiger charge is 2.31. The number of nitrogens with one attached hydrogen (secondary N) is 1. The summed E-state index contributed by atoms with van der Waals surface area (Å²) >= 11 is 23.1. The van der Waals surface area contributed by atoms with Gasteiger partial charge in [0.1, 0.15) is 4.90 Å². The van der Waals surface area contributed by atoms with Gasteiger partial charge in [-0.3, -0.25) is 4.72 Å². The average molecular weight is 439 g/mol. The van der Waals surface area contributed by atoms with Crippen LogP contribution in [0.25, 0.3) is 0 Å². The summed E-state index contributed by atoms with van der Waals surface area (Å²) < 4.78 is 64.9. The number of hydrogen-bond donors (Lipinski definition) is 1. The Balaban J connectivity index is 2.49. The van der Waals surface area contributed by atoms with Crippen molar-refractivity contribution in [3.05, 3.63) is 56.0 Å². The zero-order valence-corrected chi connectivity index (χ0v) is 15.1. The van der Waals surface area contributed by atoms with Crippen LogP contribution in [0.15, 0.2) is 35.2 Å². The number of benzene rings is 2. The van der Waals surface area contributed by atoms with Crippen molar-refractivity contribution in [2.75, 3.05) is 4.72 Å². The summed E-state index contributed by atoms with van der Waals surface area (Å²) in [7, 11) is -4.34. The fourth-order valence-electron chi connectivity index (χ4n) is 1.69. The molecule has 0 radical (unpaired) electrons. The second kappa shape index (κ2) is 6.80. The van der Waals surface area contributed by atoms with E-state index in [0.717, 1.165) is 24.3 Å². The maximum Gasteiger partial charge on any atom is 0.416 e. The molecule has 1 N–H and O–H groups in total. The van der Waals surface area contributed by atoms with Crippen molar-refractivity contribution in [3.63, 3.8) is 0 Å². The Bertz CT molecular complexity index is 901. The average Bonchev–Trinajstić information content (AvgIpc) is 2.43. The number of rotatable bonds is 3. The van der Waals surface area contributed by atoms with E-state index in [0.29, 0.717) is 6.07 Å². The smallest absolute Gasteiger partial charge is 0.278 e. The molecule has 0 unspecified atom stereocenters. The van der Waals surface area contributed by atoms with Crippen LogP contribution in [0, 0.1) is 0 Å². The Labute approximate surface area is 155 Å². The third-order valence-electron chi connectivity index (χ3n) is 2.80. The van der Waals surface area contributed by atoms with Gasteiger partial charge in [0.25, 0.3) is 10.0 Å². The molecule has 3 nitrogen and oxygen atoms in total. The van der Waals surface area contributed by atoms with E-state index in [2.05, 4.69) is 0 Å². The molecule has 0 aliphatic heterocycles. The van der Waals surface area contributed by atoms with Crippen molar-refractivity contribution in [2.24, 2.45) is 0 Å².